The molecule has 1 aromatic carbocycles. The summed E-state index contributed by atoms with van der Waals surface area (Å²) < 4.78 is 0. The van der Waals surface area contributed by atoms with Crippen molar-refractivity contribution >= 4 is 23.5 Å². The topological polar surface area (TPSA) is 69.6 Å². The fourth-order valence-electron chi connectivity index (χ4n) is 3.16. The van der Waals surface area contributed by atoms with Crippen LogP contribution in [0.1, 0.15) is 41.6 Å². The number of hydrogen-bond acceptors (Lipinski definition) is 3. The lowest BCUT2D eigenvalue weighted by molar-refractivity contribution is -0.139. The van der Waals surface area contributed by atoms with E-state index in [1.54, 1.807) is 12.1 Å². The molecule has 2 aliphatic rings. The summed E-state index contributed by atoms with van der Waals surface area (Å²) in [4.78, 5) is 25.4. The van der Waals surface area contributed by atoms with Gasteiger partial charge in [-0.25, -0.2) is 0 Å². The summed E-state index contributed by atoms with van der Waals surface area (Å²) in [5.74, 6) is -0.238. The Balaban J connectivity index is 1.50. The molecule has 2 aliphatic carbocycles. The molecule has 2 fully saturated rings. The number of nitrogens with one attached hydrogen (secondary N) is 1. The number of nitrogens with zero attached hydrogens (tertiary/aromatic N) is 1. The minimum atomic E-state index is -0.780. The smallest absolute Gasteiger partial charge is 0.317 e. The molecule has 3 rings (SSSR count). The van der Waals surface area contributed by atoms with E-state index >= 15 is 0 Å². The van der Waals surface area contributed by atoms with Crippen LogP contribution in [0.4, 0.5) is 0 Å². The van der Waals surface area contributed by atoms with Gasteiger partial charge in [0.25, 0.3) is 5.91 Å². The number of amides is 1. The number of hydrogen-bond donors (Lipinski definition) is 2. The molecule has 0 saturated heterocycles. The van der Waals surface area contributed by atoms with E-state index in [-0.39, 0.29) is 24.5 Å². The summed E-state index contributed by atoms with van der Waals surface area (Å²) >= 11 is 6.07. The van der Waals surface area contributed by atoms with E-state index < -0.39 is 5.97 Å². The van der Waals surface area contributed by atoms with Crippen LogP contribution < -0.4 is 5.32 Å². The Morgan fingerprint density at radius 1 is 1.33 bits per heavy atom. The quantitative estimate of drug-likeness (QED) is 0.793. The zero-order chi connectivity index (χ0) is 17.3. The zero-order valence-electron chi connectivity index (χ0n) is 13.8. The van der Waals surface area contributed by atoms with Gasteiger partial charge < -0.3 is 10.4 Å². The van der Waals surface area contributed by atoms with Crippen LogP contribution in [-0.4, -0.2) is 47.1 Å². The summed E-state index contributed by atoms with van der Waals surface area (Å²) in [6.07, 6.45) is 4.03. The van der Waals surface area contributed by atoms with Crippen LogP contribution in [0, 0.1) is 12.8 Å². The van der Waals surface area contributed by atoms with Crippen molar-refractivity contribution in [3.05, 3.63) is 34.3 Å². The van der Waals surface area contributed by atoms with Gasteiger partial charge in [-0.2, -0.15) is 0 Å². The maximum Gasteiger partial charge on any atom is 0.317 e. The van der Waals surface area contributed by atoms with E-state index in [1.165, 1.54) is 12.8 Å². The van der Waals surface area contributed by atoms with Crippen molar-refractivity contribution in [1.82, 2.24) is 10.2 Å². The first-order valence-electron chi connectivity index (χ1n) is 8.45. The molecule has 0 aromatic heterocycles. The zero-order valence-corrected chi connectivity index (χ0v) is 14.6. The van der Waals surface area contributed by atoms with Crippen LogP contribution in [0.25, 0.3) is 0 Å². The van der Waals surface area contributed by atoms with Crippen molar-refractivity contribution in [2.24, 2.45) is 5.92 Å². The van der Waals surface area contributed by atoms with Gasteiger partial charge in [0.05, 0.1) is 6.54 Å². The molecule has 0 heterocycles. The second-order valence-corrected chi connectivity index (χ2v) is 7.43. The van der Waals surface area contributed by atoms with Gasteiger partial charge in [0.15, 0.2) is 0 Å². The number of halogens is 1. The number of carbonyl (C=O) groups is 2. The number of carboxylic acids is 1. The number of carboxylic acid groups (broad SMARTS) is 1. The van der Waals surface area contributed by atoms with E-state index in [0.29, 0.717) is 16.5 Å². The monoisotopic (exact) mass is 350 g/mol. The Bertz CT molecular complexity index is 639. The van der Waals surface area contributed by atoms with E-state index in [2.05, 4.69) is 10.2 Å². The molecule has 2 saturated carbocycles. The Morgan fingerprint density at radius 2 is 2.04 bits per heavy atom. The van der Waals surface area contributed by atoms with Crippen molar-refractivity contribution in [2.45, 2.75) is 44.7 Å². The van der Waals surface area contributed by atoms with Gasteiger partial charge in [-0.3, -0.25) is 14.5 Å². The molecule has 0 atom stereocenters. The highest BCUT2D eigenvalue weighted by atomic mass is 35.5. The highest BCUT2D eigenvalue weighted by molar-refractivity contribution is 6.31. The molecule has 0 unspecified atom stereocenters. The lowest BCUT2D eigenvalue weighted by Crippen LogP contribution is -2.55. The highest BCUT2D eigenvalue weighted by Crippen LogP contribution is 2.33. The first kappa shape index (κ1) is 17.2. The lowest BCUT2D eigenvalue weighted by Gasteiger charge is -2.42. The molecule has 0 bridgehead atoms. The van der Waals surface area contributed by atoms with E-state index in [1.807, 2.05) is 13.0 Å². The molecule has 6 heteroatoms. The minimum Gasteiger partial charge on any atom is -0.480 e. The molecule has 0 aliphatic heterocycles. The molecular formula is C18H23ClN2O3. The molecule has 0 spiro atoms. The molecule has 130 valence electrons. The summed E-state index contributed by atoms with van der Waals surface area (Å²) in [5, 5.41) is 12.7. The SMILES string of the molecule is Cc1ccc(C(=O)NC2CC(N(CC(=O)O)CC3CC3)C2)cc1Cl. The van der Waals surface area contributed by atoms with Gasteiger partial charge in [-0.05, 0) is 56.2 Å². The van der Waals surface area contributed by atoms with Crippen LogP contribution in [0.5, 0.6) is 0 Å². The number of benzene rings is 1. The van der Waals surface area contributed by atoms with Gasteiger partial charge in [0.1, 0.15) is 0 Å². The van der Waals surface area contributed by atoms with Gasteiger partial charge >= 0.3 is 5.97 Å². The highest BCUT2D eigenvalue weighted by Gasteiger charge is 2.37. The molecule has 24 heavy (non-hydrogen) atoms. The minimum absolute atomic E-state index is 0.0927. The fraction of sp³-hybridized carbons (Fsp3) is 0.556. The number of rotatable bonds is 7. The third-order valence-corrected chi connectivity index (χ3v) is 5.33. The maximum absolute atomic E-state index is 12.3. The normalized spacial score (nSPS) is 23.0. The van der Waals surface area contributed by atoms with Crippen molar-refractivity contribution in [2.75, 3.05) is 13.1 Å². The third kappa shape index (κ3) is 4.28. The van der Waals surface area contributed by atoms with Crippen LogP contribution in [0.2, 0.25) is 5.02 Å². The van der Waals surface area contributed by atoms with Crippen LogP contribution in [0.15, 0.2) is 18.2 Å². The van der Waals surface area contributed by atoms with Crippen molar-refractivity contribution in [3.63, 3.8) is 0 Å². The van der Waals surface area contributed by atoms with Gasteiger partial charge in [0.2, 0.25) is 0 Å². The molecule has 0 radical (unpaired) electrons. The van der Waals surface area contributed by atoms with Crippen molar-refractivity contribution < 1.29 is 14.7 Å². The first-order chi connectivity index (χ1) is 11.4. The number of aryl methyl sites for hydroxylation is 1. The Kier molecular flexibility index (Phi) is 5.11. The fourth-order valence-corrected chi connectivity index (χ4v) is 3.34. The van der Waals surface area contributed by atoms with Crippen LogP contribution in [0.3, 0.4) is 0 Å². The lowest BCUT2D eigenvalue weighted by atomic mass is 9.85. The Morgan fingerprint density at radius 3 is 2.62 bits per heavy atom. The second kappa shape index (κ2) is 7.11. The standard InChI is InChI=1S/C18H23ClN2O3/c1-11-2-5-13(6-16(11)19)18(24)20-14-7-15(8-14)21(10-17(22)23)9-12-3-4-12/h2,5-6,12,14-15H,3-4,7-10H2,1H3,(H,20,24)(H,22,23). The van der Waals surface area contributed by atoms with Crippen LogP contribution in [-0.2, 0) is 4.79 Å². The number of aliphatic carboxylic acids is 1. The maximum atomic E-state index is 12.3. The summed E-state index contributed by atoms with van der Waals surface area (Å²) in [6.45, 7) is 2.86. The molecule has 2 N–H and O–H groups in total. The summed E-state index contributed by atoms with van der Waals surface area (Å²) in [5.41, 5.74) is 1.51. The Hall–Kier alpha value is -1.59. The third-order valence-electron chi connectivity index (χ3n) is 4.93. The Labute approximate surface area is 147 Å². The summed E-state index contributed by atoms with van der Waals surface area (Å²) in [6, 6.07) is 5.67. The van der Waals surface area contributed by atoms with E-state index in [4.69, 9.17) is 16.7 Å². The average molecular weight is 351 g/mol. The molecular weight excluding hydrogens is 328 g/mol. The predicted molar refractivity (Wildman–Crippen MR) is 92.4 cm³/mol. The number of carbonyl (C=O) groups excluding carboxylic acids is 1. The van der Waals surface area contributed by atoms with Crippen LogP contribution >= 0.6 is 11.6 Å². The summed E-state index contributed by atoms with van der Waals surface area (Å²) in [7, 11) is 0. The first-order valence-corrected chi connectivity index (χ1v) is 8.83. The van der Waals surface area contributed by atoms with Gasteiger partial charge in [-0.1, -0.05) is 17.7 Å². The van der Waals surface area contributed by atoms with Crippen molar-refractivity contribution in [1.29, 1.82) is 0 Å². The average Bonchev–Trinajstić information content (AvgIpc) is 3.28. The van der Waals surface area contributed by atoms with Crippen molar-refractivity contribution in [3.8, 4) is 0 Å². The van der Waals surface area contributed by atoms with E-state index in [9.17, 15) is 9.59 Å². The predicted octanol–water partition coefficient (Wildman–Crippen LogP) is 2.71. The molecule has 1 aromatic rings. The second-order valence-electron chi connectivity index (χ2n) is 7.03. The van der Waals surface area contributed by atoms with Gasteiger partial charge in [0, 0.05) is 29.2 Å². The molecule has 1 amide bonds. The largest absolute Gasteiger partial charge is 0.480 e. The molecule has 5 nitrogen and oxygen atoms in total. The van der Waals surface area contributed by atoms with E-state index in [0.717, 1.165) is 24.9 Å². The van der Waals surface area contributed by atoms with Gasteiger partial charge in [-0.15, -0.1) is 0 Å².